The molecule has 0 aliphatic carbocycles. The zero-order valence-electron chi connectivity index (χ0n) is 15.9. The van der Waals surface area contributed by atoms with Crippen LogP contribution < -0.4 is 5.73 Å². The molecule has 7 nitrogen and oxygen atoms in total. The molecule has 0 radical (unpaired) electrons. The summed E-state index contributed by atoms with van der Waals surface area (Å²) in [6.45, 7) is 17.0. The number of hydrogen-bond donors (Lipinski definition) is 2. The maximum absolute atomic E-state index is 10.6. The molecule has 1 amide bonds. The second-order valence-electron chi connectivity index (χ2n) is 4.62. The monoisotopic (exact) mass is 367 g/mol. The van der Waals surface area contributed by atoms with Gasteiger partial charge in [0.15, 0.2) is 0 Å². The Bertz CT molecular complexity index is 560. The van der Waals surface area contributed by atoms with Crippen LogP contribution in [0.4, 0.5) is 0 Å². The van der Waals surface area contributed by atoms with E-state index in [1.807, 2.05) is 0 Å². The van der Waals surface area contributed by atoms with E-state index >= 15 is 0 Å². The predicted octanol–water partition coefficient (Wildman–Crippen LogP) is 1.99. The van der Waals surface area contributed by atoms with Crippen molar-refractivity contribution >= 4 is 17.8 Å². The lowest BCUT2D eigenvalue weighted by Gasteiger charge is -2.05. The van der Waals surface area contributed by atoms with Crippen molar-refractivity contribution in [3.05, 3.63) is 61.3 Å². The molecule has 0 saturated heterocycles. The highest BCUT2D eigenvalue weighted by atomic mass is 16.5. The average Bonchev–Trinajstić information content (AvgIpc) is 2.65. The van der Waals surface area contributed by atoms with Crippen LogP contribution in [0.2, 0.25) is 0 Å². The van der Waals surface area contributed by atoms with Crippen LogP contribution in [0.1, 0.15) is 20.3 Å². The van der Waals surface area contributed by atoms with Crippen molar-refractivity contribution in [2.45, 2.75) is 26.4 Å². The molecule has 146 valence electrons. The number of esters is 2. The predicted molar refractivity (Wildman–Crippen MR) is 102 cm³/mol. The quantitative estimate of drug-likeness (QED) is 0.404. The molecule has 3 N–H and O–H groups in total. The molecule has 0 aromatic heterocycles. The van der Waals surface area contributed by atoms with Gasteiger partial charge in [0.25, 0.3) is 0 Å². The molecular formula is C19H29NO6. The molecule has 1 unspecified atom stereocenters. The molecule has 0 aromatic rings. The van der Waals surface area contributed by atoms with E-state index in [9.17, 15) is 14.4 Å². The third-order valence-electron chi connectivity index (χ3n) is 2.71. The Morgan fingerprint density at radius 1 is 1.12 bits per heavy atom. The lowest BCUT2D eigenvalue weighted by atomic mass is 10.2. The molecule has 0 heterocycles. The maximum Gasteiger partial charge on any atom is 0.336 e. The van der Waals surface area contributed by atoms with E-state index in [-0.39, 0.29) is 17.4 Å². The molecular weight excluding hydrogens is 338 g/mol. The van der Waals surface area contributed by atoms with Crippen molar-refractivity contribution < 1.29 is 29.0 Å². The van der Waals surface area contributed by atoms with Crippen LogP contribution in [0.15, 0.2) is 61.3 Å². The van der Waals surface area contributed by atoms with Gasteiger partial charge in [0.05, 0.1) is 19.8 Å². The fourth-order valence-electron chi connectivity index (χ4n) is 0.938. The van der Waals surface area contributed by atoms with Crippen LogP contribution in [0.3, 0.4) is 0 Å². The largest absolute Gasteiger partial charge is 0.466 e. The van der Waals surface area contributed by atoms with Gasteiger partial charge in [0, 0.05) is 11.1 Å². The fourth-order valence-corrected chi connectivity index (χ4v) is 0.938. The first-order valence-electron chi connectivity index (χ1n) is 7.41. The molecule has 0 spiro atoms. The van der Waals surface area contributed by atoms with Gasteiger partial charge in [-0.2, -0.15) is 0 Å². The number of carbonyl (C=O) groups is 3. The molecule has 26 heavy (non-hydrogen) atoms. The second kappa shape index (κ2) is 16.9. The Kier molecular flexibility index (Phi) is 18.1. The fraction of sp³-hybridized carbons (Fsp3) is 0.316. The van der Waals surface area contributed by atoms with Gasteiger partial charge in [0.1, 0.15) is 6.10 Å². The van der Waals surface area contributed by atoms with E-state index in [2.05, 4.69) is 35.8 Å². The van der Waals surface area contributed by atoms with Gasteiger partial charge >= 0.3 is 11.9 Å². The van der Waals surface area contributed by atoms with Crippen molar-refractivity contribution in [2.24, 2.45) is 5.73 Å². The van der Waals surface area contributed by atoms with E-state index < -0.39 is 12.1 Å². The van der Waals surface area contributed by atoms with E-state index in [1.54, 1.807) is 26.0 Å². The minimum absolute atomic E-state index is 0.00231. The van der Waals surface area contributed by atoms with Gasteiger partial charge in [-0.25, -0.2) is 9.59 Å². The summed E-state index contributed by atoms with van der Waals surface area (Å²) in [6, 6.07) is 0. The molecule has 0 bridgehead atoms. The maximum atomic E-state index is 10.6. The average molecular weight is 367 g/mol. The smallest absolute Gasteiger partial charge is 0.336 e. The number of hydrogen-bond acceptors (Lipinski definition) is 6. The number of ether oxygens (including phenoxy) is 2. The molecule has 0 aliphatic rings. The molecule has 0 rings (SSSR count). The lowest BCUT2D eigenvalue weighted by molar-refractivity contribution is -0.137. The van der Waals surface area contributed by atoms with Crippen LogP contribution in [-0.4, -0.2) is 43.3 Å². The number of carbonyl (C=O) groups excluding carboxylic acids is 3. The molecule has 1 atom stereocenters. The van der Waals surface area contributed by atoms with Crippen molar-refractivity contribution in [2.75, 3.05) is 14.2 Å². The number of allylic oxidation sites excluding steroid dienone is 2. The summed E-state index contributed by atoms with van der Waals surface area (Å²) in [6.07, 6.45) is 3.99. The standard InChI is InChI=1S/C7H10O3.C7H10O2.C5H9NO/c1-4-6(8)5(2)7(9)10-3;1-4-5-6(2)7(8)9-3;1-3-4(2)5(6)7/h4,6,8H,1-2H2,3H3;4H,1-2,5H2,3H3;3H,1-2H3,(H2,6,7). The van der Waals surface area contributed by atoms with Crippen LogP contribution in [0.25, 0.3) is 0 Å². The highest BCUT2D eigenvalue weighted by Gasteiger charge is 2.12. The minimum Gasteiger partial charge on any atom is -0.466 e. The number of rotatable bonds is 7. The Balaban J connectivity index is -0.000000310. The molecule has 0 saturated carbocycles. The summed E-state index contributed by atoms with van der Waals surface area (Å²) in [5, 5.41) is 8.91. The van der Waals surface area contributed by atoms with Crippen LogP contribution in [-0.2, 0) is 23.9 Å². The van der Waals surface area contributed by atoms with Gasteiger partial charge in [-0.1, -0.05) is 31.4 Å². The van der Waals surface area contributed by atoms with Crippen LogP contribution in [0.5, 0.6) is 0 Å². The van der Waals surface area contributed by atoms with Gasteiger partial charge in [0.2, 0.25) is 5.91 Å². The summed E-state index contributed by atoms with van der Waals surface area (Å²) < 4.78 is 8.67. The SMILES string of the molecule is C=CC(O)C(=C)C(=O)OC.C=CCC(=C)C(=O)OC.CC=C(C)C(N)=O. The van der Waals surface area contributed by atoms with E-state index in [0.717, 1.165) is 0 Å². The molecule has 0 aliphatic heterocycles. The summed E-state index contributed by atoms with van der Waals surface area (Å²) in [5.74, 6) is -1.33. The number of primary amides is 1. The number of aliphatic hydroxyl groups excluding tert-OH is 1. The highest BCUT2D eigenvalue weighted by molar-refractivity contribution is 5.91. The van der Waals surface area contributed by atoms with Gasteiger partial charge < -0.3 is 20.3 Å². The van der Waals surface area contributed by atoms with E-state index in [0.29, 0.717) is 17.6 Å². The molecule has 0 fully saturated rings. The zero-order valence-corrected chi connectivity index (χ0v) is 15.9. The summed E-state index contributed by atoms with van der Waals surface area (Å²) in [5.41, 5.74) is 5.89. The molecule has 7 heteroatoms. The number of methoxy groups -OCH3 is 2. The third-order valence-corrected chi connectivity index (χ3v) is 2.71. The first-order valence-corrected chi connectivity index (χ1v) is 7.41. The normalized spacial score (nSPS) is 10.4. The summed E-state index contributed by atoms with van der Waals surface area (Å²) >= 11 is 0. The Labute approximate surface area is 155 Å². The summed E-state index contributed by atoms with van der Waals surface area (Å²) in [7, 11) is 2.56. The topological polar surface area (TPSA) is 116 Å². The first-order chi connectivity index (χ1) is 12.0. The highest BCUT2D eigenvalue weighted by Crippen LogP contribution is 2.01. The Hall–Kier alpha value is -2.93. The second-order valence-corrected chi connectivity index (χ2v) is 4.62. The van der Waals surface area contributed by atoms with Crippen molar-refractivity contribution in [1.82, 2.24) is 0 Å². The number of amides is 1. The van der Waals surface area contributed by atoms with Crippen LogP contribution in [0, 0.1) is 0 Å². The van der Waals surface area contributed by atoms with Crippen molar-refractivity contribution in [3.63, 3.8) is 0 Å². The van der Waals surface area contributed by atoms with Crippen molar-refractivity contribution in [1.29, 1.82) is 0 Å². The van der Waals surface area contributed by atoms with Gasteiger partial charge in [-0.15, -0.1) is 13.2 Å². The Morgan fingerprint density at radius 2 is 1.58 bits per heavy atom. The number of nitrogens with two attached hydrogens (primary N) is 1. The Morgan fingerprint density at radius 3 is 1.81 bits per heavy atom. The van der Waals surface area contributed by atoms with Gasteiger partial charge in [-0.05, 0) is 20.3 Å². The minimum atomic E-state index is -1.01. The first kappa shape index (κ1) is 27.9. The van der Waals surface area contributed by atoms with Crippen molar-refractivity contribution in [3.8, 4) is 0 Å². The van der Waals surface area contributed by atoms with Crippen LogP contribution >= 0.6 is 0 Å². The number of aliphatic hydroxyl groups is 1. The lowest BCUT2D eigenvalue weighted by Crippen LogP contribution is -2.15. The van der Waals surface area contributed by atoms with E-state index in [1.165, 1.54) is 20.3 Å². The third kappa shape index (κ3) is 14.6. The summed E-state index contributed by atoms with van der Waals surface area (Å²) in [4.78, 5) is 31.2. The molecule has 0 aromatic carbocycles. The van der Waals surface area contributed by atoms with Gasteiger partial charge in [-0.3, -0.25) is 4.79 Å². The zero-order chi connectivity index (χ0) is 21.3. The van der Waals surface area contributed by atoms with E-state index in [4.69, 9.17) is 10.8 Å².